The molecule has 0 fully saturated rings. The number of amides is 1. The van der Waals surface area contributed by atoms with Crippen LogP contribution in [-0.4, -0.2) is 44.1 Å². The molecule has 2 aromatic carbocycles. The van der Waals surface area contributed by atoms with Crippen molar-refractivity contribution in [1.29, 1.82) is 0 Å². The lowest BCUT2D eigenvalue weighted by atomic mass is 10.0. The first-order valence-electron chi connectivity index (χ1n) is 9.64. The molecule has 164 valence electrons. The summed E-state index contributed by atoms with van der Waals surface area (Å²) < 4.78 is 22.8. The lowest BCUT2D eigenvalue weighted by Gasteiger charge is -2.24. The first kappa shape index (κ1) is 22.0. The Bertz CT molecular complexity index is 1050. The van der Waals surface area contributed by atoms with Gasteiger partial charge in [0.05, 0.1) is 34.6 Å². The van der Waals surface area contributed by atoms with E-state index in [-0.39, 0.29) is 5.91 Å². The molecule has 0 bridgehead atoms. The summed E-state index contributed by atoms with van der Waals surface area (Å²) in [5.74, 6) is 2.21. The van der Waals surface area contributed by atoms with Crippen molar-refractivity contribution in [2.75, 3.05) is 33.8 Å². The highest BCUT2D eigenvalue weighted by Crippen LogP contribution is 2.33. The second-order valence-corrected chi connectivity index (χ2v) is 7.36. The molecule has 1 N–H and O–H groups in total. The summed E-state index contributed by atoms with van der Waals surface area (Å²) in [5.41, 5.74) is 1.37. The molecule has 8 nitrogen and oxygen atoms in total. The Kier molecular flexibility index (Phi) is 6.39. The summed E-state index contributed by atoms with van der Waals surface area (Å²) in [6.07, 6.45) is 3.54. The van der Waals surface area contributed by atoms with Gasteiger partial charge in [-0.2, -0.15) is 5.10 Å². The van der Waals surface area contributed by atoms with E-state index in [1.165, 1.54) is 0 Å². The van der Waals surface area contributed by atoms with Crippen LogP contribution in [0.4, 0.5) is 5.69 Å². The normalized spacial score (nSPS) is 11.0. The van der Waals surface area contributed by atoms with Crippen LogP contribution < -0.4 is 24.3 Å². The van der Waals surface area contributed by atoms with Crippen LogP contribution in [0.2, 0.25) is 0 Å². The van der Waals surface area contributed by atoms with Crippen molar-refractivity contribution < 1.29 is 23.7 Å². The van der Waals surface area contributed by atoms with E-state index in [2.05, 4.69) is 10.4 Å². The minimum Gasteiger partial charge on any atom is -0.497 e. The molecule has 31 heavy (non-hydrogen) atoms. The quantitative estimate of drug-likeness (QED) is 0.588. The maximum atomic E-state index is 13.1. The van der Waals surface area contributed by atoms with Crippen molar-refractivity contribution in [3.8, 4) is 34.1 Å². The van der Waals surface area contributed by atoms with E-state index in [1.54, 1.807) is 71.4 Å². The lowest BCUT2D eigenvalue weighted by Crippen LogP contribution is -2.40. The molecule has 0 aliphatic carbocycles. The van der Waals surface area contributed by atoms with Crippen LogP contribution in [0.5, 0.6) is 23.0 Å². The Morgan fingerprint density at radius 3 is 2.10 bits per heavy atom. The Balaban J connectivity index is 1.84. The minimum absolute atomic E-state index is 0.232. The molecule has 1 heterocycles. The van der Waals surface area contributed by atoms with Gasteiger partial charge in [-0.1, -0.05) is 6.07 Å². The van der Waals surface area contributed by atoms with E-state index in [0.29, 0.717) is 28.7 Å². The molecule has 0 aliphatic heterocycles. The summed E-state index contributed by atoms with van der Waals surface area (Å²) in [7, 11) is 6.30. The van der Waals surface area contributed by atoms with Crippen molar-refractivity contribution in [2.45, 2.75) is 19.4 Å². The van der Waals surface area contributed by atoms with Gasteiger partial charge in [-0.25, -0.2) is 0 Å². The third-order valence-electron chi connectivity index (χ3n) is 5.04. The Morgan fingerprint density at radius 1 is 0.871 bits per heavy atom. The van der Waals surface area contributed by atoms with Crippen LogP contribution in [0.1, 0.15) is 13.8 Å². The summed E-state index contributed by atoms with van der Waals surface area (Å²) in [4.78, 5) is 13.1. The van der Waals surface area contributed by atoms with E-state index in [9.17, 15) is 4.79 Å². The van der Waals surface area contributed by atoms with E-state index in [4.69, 9.17) is 18.9 Å². The number of hydrogen-bond acceptors (Lipinski definition) is 6. The smallest absolute Gasteiger partial charge is 0.251 e. The number of benzene rings is 2. The number of hydrogen-bond donors (Lipinski definition) is 1. The highest BCUT2D eigenvalue weighted by Gasteiger charge is 2.31. The van der Waals surface area contributed by atoms with Gasteiger partial charge in [0, 0.05) is 35.6 Å². The van der Waals surface area contributed by atoms with Gasteiger partial charge in [0.2, 0.25) is 0 Å². The summed E-state index contributed by atoms with van der Waals surface area (Å²) in [5, 5.41) is 7.34. The molecule has 0 radical (unpaired) electrons. The predicted molar refractivity (Wildman–Crippen MR) is 118 cm³/mol. The van der Waals surface area contributed by atoms with Gasteiger partial charge < -0.3 is 24.3 Å². The predicted octanol–water partition coefficient (Wildman–Crippen LogP) is 3.96. The molecule has 0 saturated heterocycles. The first-order valence-corrected chi connectivity index (χ1v) is 9.64. The van der Waals surface area contributed by atoms with Crippen LogP contribution in [0.3, 0.4) is 0 Å². The fourth-order valence-corrected chi connectivity index (χ4v) is 3.06. The van der Waals surface area contributed by atoms with Crippen LogP contribution in [0, 0.1) is 0 Å². The van der Waals surface area contributed by atoms with E-state index in [0.717, 1.165) is 11.1 Å². The third kappa shape index (κ3) is 4.58. The average molecular weight is 425 g/mol. The van der Waals surface area contributed by atoms with Crippen molar-refractivity contribution in [2.24, 2.45) is 0 Å². The Morgan fingerprint density at radius 2 is 1.52 bits per heavy atom. The Labute approximate surface area is 181 Å². The second kappa shape index (κ2) is 8.99. The molecular formula is C23H27N3O5. The zero-order chi connectivity index (χ0) is 22.6. The van der Waals surface area contributed by atoms with Gasteiger partial charge in [-0.3, -0.25) is 9.48 Å². The van der Waals surface area contributed by atoms with Gasteiger partial charge >= 0.3 is 0 Å². The fourth-order valence-electron chi connectivity index (χ4n) is 3.06. The number of aromatic nitrogens is 2. The van der Waals surface area contributed by atoms with E-state index < -0.39 is 5.54 Å². The SMILES string of the molecule is COc1cc(NC(=O)C(C)(C)n2cc(-c3ccc(OC)c(OC)c3)cn2)cc(OC)c1. The monoisotopic (exact) mass is 425 g/mol. The molecule has 0 spiro atoms. The lowest BCUT2D eigenvalue weighted by molar-refractivity contribution is -0.123. The molecular weight excluding hydrogens is 398 g/mol. The zero-order valence-electron chi connectivity index (χ0n) is 18.6. The maximum absolute atomic E-state index is 13.1. The van der Waals surface area contributed by atoms with Crippen molar-refractivity contribution in [1.82, 2.24) is 9.78 Å². The molecule has 1 amide bonds. The highest BCUT2D eigenvalue weighted by atomic mass is 16.5. The van der Waals surface area contributed by atoms with Gasteiger partial charge in [0.25, 0.3) is 5.91 Å². The summed E-state index contributed by atoms with van der Waals surface area (Å²) in [6.45, 7) is 3.59. The molecule has 8 heteroatoms. The number of carbonyl (C=O) groups is 1. The standard InChI is InChI=1S/C23H27N3O5/c1-23(2,22(27)25-17-10-18(28-3)12-19(11-17)29-4)26-14-16(13-24-26)15-7-8-20(30-5)21(9-15)31-6/h7-14H,1-6H3,(H,25,27). The number of carbonyl (C=O) groups excluding carboxylic acids is 1. The Hall–Kier alpha value is -3.68. The topological polar surface area (TPSA) is 83.8 Å². The molecule has 3 aromatic rings. The molecule has 3 rings (SSSR count). The molecule has 0 atom stereocenters. The number of ether oxygens (including phenoxy) is 4. The first-order chi connectivity index (χ1) is 14.8. The number of anilines is 1. The molecule has 1 aromatic heterocycles. The van der Waals surface area contributed by atoms with E-state index in [1.807, 2.05) is 24.4 Å². The van der Waals surface area contributed by atoms with Crippen molar-refractivity contribution in [3.05, 3.63) is 48.8 Å². The molecule has 0 unspecified atom stereocenters. The number of nitrogens with one attached hydrogen (secondary N) is 1. The third-order valence-corrected chi connectivity index (χ3v) is 5.04. The van der Waals surface area contributed by atoms with Crippen LogP contribution >= 0.6 is 0 Å². The van der Waals surface area contributed by atoms with Gasteiger partial charge in [0.1, 0.15) is 17.0 Å². The summed E-state index contributed by atoms with van der Waals surface area (Å²) >= 11 is 0. The van der Waals surface area contributed by atoms with Gasteiger partial charge in [-0.05, 0) is 31.5 Å². The second-order valence-electron chi connectivity index (χ2n) is 7.36. The minimum atomic E-state index is -0.953. The largest absolute Gasteiger partial charge is 0.497 e. The van der Waals surface area contributed by atoms with Crippen LogP contribution in [0.25, 0.3) is 11.1 Å². The van der Waals surface area contributed by atoms with Crippen LogP contribution in [0.15, 0.2) is 48.8 Å². The fraction of sp³-hybridized carbons (Fsp3) is 0.304. The zero-order valence-corrected chi connectivity index (χ0v) is 18.6. The van der Waals surface area contributed by atoms with Crippen molar-refractivity contribution in [3.63, 3.8) is 0 Å². The highest BCUT2D eigenvalue weighted by molar-refractivity contribution is 5.96. The maximum Gasteiger partial charge on any atom is 0.251 e. The van der Waals surface area contributed by atoms with Crippen LogP contribution in [-0.2, 0) is 10.3 Å². The number of rotatable bonds is 8. The van der Waals surface area contributed by atoms with Gasteiger partial charge in [0.15, 0.2) is 11.5 Å². The average Bonchev–Trinajstić information content (AvgIpc) is 3.29. The van der Waals surface area contributed by atoms with Crippen molar-refractivity contribution >= 4 is 11.6 Å². The van der Waals surface area contributed by atoms with E-state index >= 15 is 0 Å². The molecule has 0 saturated carbocycles. The van der Waals surface area contributed by atoms with Gasteiger partial charge in [-0.15, -0.1) is 0 Å². The number of nitrogens with zero attached hydrogens (tertiary/aromatic N) is 2. The number of methoxy groups -OCH3 is 4. The molecule has 0 aliphatic rings. The summed E-state index contributed by atoms with van der Waals surface area (Å²) in [6, 6.07) is 10.8.